The van der Waals surface area contributed by atoms with Gasteiger partial charge in [0, 0.05) is 20.8 Å². The molecule has 10 nitrogen and oxygen atoms in total. The van der Waals surface area contributed by atoms with Crippen molar-refractivity contribution >= 4 is 23.9 Å². The largest absolute Gasteiger partial charge is 0.465 e. The van der Waals surface area contributed by atoms with Crippen LogP contribution in [0.1, 0.15) is 37.6 Å². The zero-order valence-electron chi connectivity index (χ0n) is 19.5. The molecule has 1 saturated heterocycles. The average Bonchev–Trinajstić information content (AvgIpc) is 2.80. The molecule has 0 aromatic heterocycles. The number of benzene rings is 2. The van der Waals surface area contributed by atoms with Gasteiger partial charge in [-0.15, -0.1) is 0 Å². The van der Waals surface area contributed by atoms with Crippen molar-refractivity contribution in [2.45, 2.75) is 51.8 Å². The molecule has 0 radical (unpaired) electrons. The second-order valence-corrected chi connectivity index (χ2v) is 7.71. The van der Waals surface area contributed by atoms with Crippen molar-refractivity contribution in [2.24, 2.45) is 0 Å². The molecule has 0 amide bonds. The maximum Gasteiger partial charge on any atom is 0.343 e. The minimum absolute atomic E-state index is 0.0544. The SMILES string of the molecule is CC(=O)OC[C@H]1O[C@H](Oc2ccc(OC(=O)c3ccccc3)cc2)C[C@@H](OC(C)=O)[C@@H]1OC(C)=O. The monoisotopic (exact) mass is 486 g/mol. The molecule has 35 heavy (non-hydrogen) atoms. The Kier molecular flexibility index (Phi) is 8.80. The summed E-state index contributed by atoms with van der Waals surface area (Å²) >= 11 is 0. The van der Waals surface area contributed by atoms with E-state index in [2.05, 4.69) is 0 Å². The Balaban J connectivity index is 1.69. The van der Waals surface area contributed by atoms with Crippen LogP contribution in [0.15, 0.2) is 54.6 Å². The number of hydrogen-bond acceptors (Lipinski definition) is 10. The van der Waals surface area contributed by atoms with Crippen molar-refractivity contribution < 1.29 is 47.6 Å². The van der Waals surface area contributed by atoms with E-state index in [-0.39, 0.29) is 13.0 Å². The number of esters is 4. The third kappa shape index (κ3) is 7.82. The van der Waals surface area contributed by atoms with Crippen LogP contribution in [0.4, 0.5) is 0 Å². The van der Waals surface area contributed by atoms with E-state index in [4.69, 9.17) is 28.4 Å². The molecule has 0 aliphatic carbocycles. The van der Waals surface area contributed by atoms with Gasteiger partial charge in [-0.2, -0.15) is 0 Å². The molecule has 0 bridgehead atoms. The third-order valence-corrected chi connectivity index (χ3v) is 4.87. The van der Waals surface area contributed by atoms with E-state index in [1.54, 1.807) is 54.6 Å². The molecule has 1 heterocycles. The fraction of sp³-hybridized carbons (Fsp3) is 0.360. The molecule has 0 spiro atoms. The topological polar surface area (TPSA) is 124 Å². The summed E-state index contributed by atoms with van der Waals surface area (Å²) in [6.07, 6.45) is -3.67. The van der Waals surface area contributed by atoms with Gasteiger partial charge in [0.15, 0.2) is 6.10 Å². The van der Waals surface area contributed by atoms with Gasteiger partial charge in [-0.1, -0.05) is 18.2 Å². The molecule has 2 aromatic rings. The lowest BCUT2D eigenvalue weighted by atomic mass is 10.0. The molecule has 1 aliphatic heterocycles. The van der Waals surface area contributed by atoms with Crippen LogP contribution in [0.3, 0.4) is 0 Å². The van der Waals surface area contributed by atoms with E-state index in [1.807, 2.05) is 0 Å². The molecule has 186 valence electrons. The van der Waals surface area contributed by atoms with Gasteiger partial charge in [0.05, 0.1) is 12.0 Å². The molecule has 1 fully saturated rings. The number of carbonyl (C=O) groups excluding carboxylic acids is 4. The van der Waals surface area contributed by atoms with Crippen molar-refractivity contribution in [1.29, 1.82) is 0 Å². The first-order chi connectivity index (χ1) is 16.7. The van der Waals surface area contributed by atoms with Crippen LogP contribution in [0.5, 0.6) is 11.5 Å². The first-order valence-electron chi connectivity index (χ1n) is 10.9. The van der Waals surface area contributed by atoms with Crippen molar-refractivity contribution in [3.05, 3.63) is 60.2 Å². The highest BCUT2D eigenvalue weighted by Crippen LogP contribution is 2.29. The van der Waals surface area contributed by atoms with Crippen LogP contribution in [-0.4, -0.2) is 55.1 Å². The van der Waals surface area contributed by atoms with Crippen LogP contribution in [-0.2, 0) is 33.3 Å². The van der Waals surface area contributed by atoms with Gasteiger partial charge in [0.1, 0.15) is 30.3 Å². The predicted molar refractivity (Wildman–Crippen MR) is 119 cm³/mol. The molecule has 1 aliphatic rings. The number of hydrogen-bond donors (Lipinski definition) is 0. The first kappa shape index (κ1) is 25.7. The number of rotatable bonds is 8. The highest BCUT2D eigenvalue weighted by Gasteiger charge is 2.44. The van der Waals surface area contributed by atoms with Crippen LogP contribution in [0.2, 0.25) is 0 Å². The van der Waals surface area contributed by atoms with Gasteiger partial charge in [0.25, 0.3) is 0 Å². The summed E-state index contributed by atoms with van der Waals surface area (Å²) in [5.41, 5.74) is 0.418. The summed E-state index contributed by atoms with van der Waals surface area (Å²) in [6, 6.07) is 14.8. The Labute approximate surface area is 202 Å². The molecule has 0 unspecified atom stereocenters. The standard InChI is InChI=1S/C25H26O10/c1-15(26)30-14-22-24(32-17(3)28)21(31-16(2)27)13-23(35-22)33-19-9-11-20(12-10-19)34-25(29)18-7-5-4-6-8-18/h4-12,21-24H,13-14H2,1-3H3/t21-,22-,23+,24+/m1/s1. The van der Waals surface area contributed by atoms with Crippen molar-refractivity contribution in [3.63, 3.8) is 0 Å². The van der Waals surface area contributed by atoms with E-state index in [0.29, 0.717) is 17.1 Å². The molecule has 0 saturated carbocycles. The van der Waals surface area contributed by atoms with E-state index in [1.165, 1.54) is 20.8 Å². The quantitative estimate of drug-likeness (QED) is 0.312. The maximum absolute atomic E-state index is 12.2. The average molecular weight is 486 g/mol. The van der Waals surface area contributed by atoms with Gasteiger partial charge < -0.3 is 28.4 Å². The zero-order chi connectivity index (χ0) is 25.4. The minimum Gasteiger partial charge on any atom is -0.465 e. The fourth-order valence-corrected chi connectivity index (χ4v) is 3.45. The van der Waals surface area contributed by atoms with Gasteiger partial charge in [-0.3, -0.25) is 14.4 Å². The van der Waals surface area contributed by atoms with Gasteiger partial charge in [-0.05, 0) is 36.4 Å². The highest BCUT2D eigenvalue weighted by molar-refractivity contribution is 5.90. The second-order valence-electron chi connectivity index (χ2n) is 7.71. The lowest BCUT2D eigenvalue weighted by Gasteiger charge is -2.39. The minimum atomic E-state index is -0.990. The summed E-state index contributed by atoms with van der Waals surface area (Å²) in [5, 5.41) is 0. The zero-order valence-corrected chi connectivity index (χ0v) is 19.5. The lowest BCUT2D eigenvalue weighted by molar-refractivity contribution is -0.245. The van der Waals surface area contributed by atoms with Gasteiger partial charge >= 0.3 is 23.9 Å². The number of carbonyl (C=O) groups is 4. The summed E-state index contributed by atoms with van der Waals surface area (Å²) < 4.78 is 32.8. The summed E-state index contributed by atoms with van der Waals surface area (Å²) in [7, 11) is 0. The van der Waals surface area contributed by atoms with Crippen molar-refractivity contribution in [3.8, 4) is 11.5 Å². The number of ether oxygens (including phenoxy) is 6. The van der Waals surface area contributed by atoms with E-state index >= 15 is 0 Å². The Morgan fingerprint density at radius 1 is 0.829 bits per heavy atom. The highest BCUT2D eigenvalue weighted by atomic mass is 16.7. The van der Waals surface area contributed by atoms with E-state index in [0.717, 1.165) is 0 Å². The molecule has 2 aromatic carbocycles. The van der Waals surface area contributed by atoms with E-state index < -0.39 is 48.5 Å². The van der Waals surface area contributed by atoms with Crippen LogP contribution in [0, 0.1) is 0 Å². The summed E-state index contributed by atoms with van der Waals surface area (Å²) in [5.74, 6) is -1.54. The van der Waals surface area contributed by atoms with E-state index in [9.17, 15) is 19.2 Å². The Hall–Kier alpha value is -3.92. The van der Waals surface area contributed by atoms with Crippen molar-refractivity contribution in [1.82, 2.24) is 0 Å². The van der Waals surface area contributed by atoms with Gasteiger partial charge in [-0.25, -0.2) is 4.79 Å². The fourth-order valence-electron chi connectivity index (χ4n) is 3.45. The van der Waals surface area contributed by atoms with Crippen LogP contribution < -0.4 is 9.47 Å². The summed E-state index contributed by atoms with van der Waals surface area (Å²) in [4.78, 5) is 46.8. The maximum atomic E-state index is 12.2. The second kappa shape index (κ2) is 12.0. The Morgan fingerprint density at radius 3 is 2.06 bits per heavy atom. The predicted octanol–water partition coefficient (Wildman–Crippen LogP) is 2.83. The smallest absolute Gasteiger partial charge is 0.343 e. The Bertz CT molecular complexity index is 1030. The van der Waals surface area contributed by atoms with Crippen LogP contribution >= 0.6 is 0 Å². The molecule has 0 N–H and O–H groups in total. The van der Waals surface area contributed by atoms with Gasteiger partial charge in [0.2, 0.25) is 6.29 Å². The lowest BCUT2D eigenvalue weighted by Crippen LogP contribution is -2.54. The Morgan fingerprint density at radius 2 is 1.46 bits per heavy atom. The normalized spacial score (nSPS) is 21.3. The first-order valence-corrected chi connectivity index (χ1v) is 10.9. The molecule has 3 rings (SSSR count). The third-order valence-electron chi connectivity index (χ3n) is 4.87. The molecular formula is C25H26O10. The molecule has 4 atom stereocenters. The summed E-state index contributed by atoms with van der Waals surface area (Å²) in [6.45, 7) is 3.43. The molecule has 10 heteroatoms. The molecular weight excluding hydrogens is 460 g/mol. The van der Waals surface area contributed by atoms with Crippen LogP contribution in [0.25, 0.3) is 0 Å². The van der Waals surface area contributed by atoms with Crippen molar-refractivity contribution in [2.75, 3.05) is 6.61 Å².